The monoisotopic (exact) mass is 336 g/mol. The van der Waals surface area contributed by atoms with Crippen molar-refractivity contribution >= 4 is 11.7 Å². The van der Waals surface area contributed by atoms with Crippen LogP contribution in [0.3, 0.4) is 0 Å². The second-order valence-electron chi connectivity index (χ2n) is 6.47. The standard InChI is InChI=1S/C18H20N6O/c1-21-17(11-15(20-21)14-5-3-2-4-6-14)24-10-9-23-8-7-22(13-19)12-16(23)18(24)25/h2-6,11,16H,7-10,12H2,1H3/t16-/m1/s1. The lowest BCUT2D eigenvalue weighted by Gasteiger charge is -2.44. The first-order valence-electron chi connectivity index (χ1n) is 8.47. The van der Waals surface area contributed by atoms with Crippen LogP contribution in [-0.2, 0) is 11.8 Å². The summed E-state index contributed by atoms with van der Waals surface area (Å²) in [5.74, 6) is 0.853. The summed E-state index contributed by atoms with van der Waals surface area (Å²) in [7, 11) is 1.86. The van der Waals surface area contributed by atoms with Crippen molar-refractivity contribution in [3.63, 3.8) is 0 Å². The highest BCUT2D eigenvalue weighted by Crippen LogP contribution is 2.27. The van der Waals surface area contributed by atoms with Gasteiger partial charge in [0.15, 0.2) is 6.19 Å². The molecule has 25 heavy (non-hydrogen) atoms. The molecule has 0 aliphatic carbocycles. The minimum Gasteiger partial charge on any atom is -0.307 e. The van der Waals surface area contributed by atoms with Gasteiger partial charge in [-0.1, -0.05) is 30.3 Å². The molecule has 1 amide bonds. The van der Waals surface area contributed by atoms with Gasteiger partial charge in [0, 0.05) is 44.9 Å². The molecule has 0 unspecified atom stereocenters. The number of piperazine rings is 2. The average Bonchev–Trinajstić information content (AvgIpc) is 3.04. The van der Waals surface area contributed by atoms with E-state index in [1.54, 1.807) is 9.58 Å². The van der Waals surface area contributed by atoms with Crippen LogP contribution in [0.2, 0.25) is 0 Å². The van der Waals surface area contributed by atoms with Gasteiger partial charge in [-0.25, -0.2) is 0 Å². The highest BCUT2D eigenvalue weighted by molar-refractivity contribution is 5.98. The number of benzene rings is 1. The Kier molecular flexibility index (Phi) is 3.90. The summed E-state index contributed by atoms with van der Waals surface area (Å²) >= 11 is 0. The minimum absolute atomic E-state index is 0.0498. The van der Waals surface area contributed by atoms with Gasteiger partial charge in [-0.2, -0.15) is 10.4 Å². The number of rotatable bonds is 2. The predicted octanol–water partition coefficient (Wildman–Crippen LogP) is 0.901. The van der Waals surface area contributed by atoms with Crippen LogP contribution in [-0.4, -0.2) is 64.3 Å². The SMILES string of the molecule is Cn1nc(-c2ccccc2)cc1N1CCN2CCN(C#N)C[C@@H]2C1=O. The molecule has 2 aromatic rings. The largest absolute Gasteiger partial charge is 0.307 e. The number of nitrogens with zero attached hydrogens (tertiary/aromatic N) is 6. The molecule has 1 atom stereocenters. The van der Waals surface area contributed by atoms with Gasteiger partial charge in [0.05, 0.1) is 12.2 Å². The third kappa shape index (κ3) is 2.75. The van der Waals surface area contributed by atoms with E-state index in [-0.39, 0.29) is 11.9 Å². The first-order valence-corrected chi connectivity index (χ1v) is 8.47. The molecule has 2 fully saturated rings. The lowest BCUT2D eigenvalue weighted by Crippen LogP contribution is -2.64. The molecule has 2 aliphatic heterocycles. The zero-order chi connectivity index (χ0) is 17.4. The van der Waals surface area contributed by atoms with E-state index in [1.807, 2.05) is 48.3 Å². The van der Waals surface area contributed by atoms with Crippen LogP contribution in [0.5, 0.6) is 0 Å². The normalized spacial score (nSPS) is 21.1. The number of fused-ring (bicyclic) bond motifs is 1. The molecule has 4 rings (SSSR count). The summed E-state index contributed by atoms with van der Waals surface area (Å²) in [5.41, 5.74) is 1.89. The van der Waals surface area contributed by atoms with E-state index >= 15 is 0 Å². The highest BCUT2D eigenvalue weighted by Gasteiger charge is 2.39. The summed E-state index contributed by atoms with van der Waals surface area (Å²) in [6.45, 7) is 3.40. The molecule has 1 aromatic heterocycles. The first kappa shape index (κ1) is 15.7. The fourth-order valence-electron chi connectivity index (χ4n) is 3.62. The molecule has 3 heterocycles. The smallest absolute Gasteiger partial charge is 0.247 e. The number of hydrogen-bond acceptors (Lipinski definition) is 5. The summed E-state index contributed by atoms with van der Waals surface area (Å²) in [6, 6.07) is 11.7. The quantitative estimate of drug-likeness (QED) is 0.762. The Balaban J connectivity index is 1.61. The van der Waals surface area contributed by atoms with Crippen molar-refractivity contribution in [3.05, 3.63) is 36.4 Å². The number of amides is 1. The molecule has 2 saturated heterocycles. The fraction of sp³-hybridized carbons (Fsp3) is 0.389. The van der Waals surface area contributed by atoms with Gasteiger partial charge >= 0.3 is 0 Å². The summed E-state index contributed by atoms with van der Waals surface area (Å²) in [6.07, 6.45) is 2.17. The van der Waals surface area contributed by atoms with Crippen molar-refractivity contribution in [2.24, 2.45) is 7.05 Å². The molecular weight excluding hydrogens is 316 g/mol. The van der Waals surface area contributed by atoms with Gasteiger partial charge < -0.3 is 4.90 Å². The molecular formula is C18H20N6O. The van der Waals surface area contributed by atoms with Crippen LogP contribution in [0.1, 0.15) is 0 Å². The van der Waals surface area contributed by atoms with Crippen LogP contribution in [0.15, 0.2) is 36.4 Å². The molecule has 128 valence electrons. The molecule has 2 aliphatic rings. The van der Waals surface area contributed by atoms with E-state index in [0.717, 1.165) is 30.2 Å². The Morgan fingerprint density at radius 2 is 1.92 bits per heavy atom. The number of nitriles is 1. The summed E-state index contributed by atoms with van der Waals surface area (Å²) in [5, 5.41) is 13.7. The van der Waals surface area contributed by atoms with Crippen LogP contribution < -0.4 is 4.90 Å². The fourth-order valence-corrected chi connectivity index (χ4v) is 3.62. The Labute approximate surface area is 146 Å². The maximum atomic E-state index is 13.0. The van der Waals surface area contributed by atoms with E-state index in [9.17, 15) is 4.79 Å². The Hall–Kier alpha value is -2.85. The zero-order valence-electron chi connectivity index (χ0n) is 14.2. The van der Waals surface area contributed by atoms with Crippen molar-refractivity contribution in [2.75, 3.05) is 37.6 Å². The Morgan fingerprint density at radius 1 is 1.16 bits per heavy atom. The average molecular weight is 336 g/mol. The lowest BCUT2D eigenvalue weighted by atomic mass is 10.1. The molecule has 0 radical (unpaired) electrons. The first-order chi connectivity index (χ1) is 12.2. The molecule has 0 bridgehead atoms. The topological polar surface area (TPSA) is 68.4 Å². The van der Waals surface area contributed by atoms with Crippen molar-refractivity contribution in [1.29, 1.82) is 5.26 Å². The second-order valence-corrected chi connectivity index (χ2v) is 6.47. The summed E-state index contributed by atoms with van der Waals surface area (Å²) in [4.78, 5) is 18.7. The van der Waals surface area contributed by atoms with Gasteiger partial charge in [0.2, 0.25) is 5.91 Å². The van der Waals surface area contributed by atoms with Crippen LogP contribution in [0.4, 0.5) is 5.82 Å². The number of hydrogen-bond donors (Lipinski definition) is 0. The third-order valence-electron chi connectivity index (χ3n) is 5.00. The van der Waals surface area contributed by atoms with Gasteiger partial charge in [-0.15, -0.1) is 0 Å². The van der Waals surface area contributed by atoms with Crippen molar-refractivity contribution in [2.45, 2.75) is 6.04 Å². The van der Waals surface area contributed by atoms with Crippen LogP contribution in [0, 0.1) is 11.5 Å². The van der Waals surface area contributed by atoms with E-state index in [0.29, 0.717) is 19.6 Å². The summed E-state index contributed by atoms with van der Waals surface area (Å²) < 4.78 is 1.76. The Morgan fingerprint density at radius 3 is 2.68 bits per heavy atom. The molecule has 7 nitrogen and oxygen atoms in total. The van der Waals surface area contributed by atoms with Crippen LogP contribution in [0.25, 0.3) is 11.3 Å². The molecule has 0 N–H and O–H groups in total. The Bertz CT molecular complexity index is 824. The van der Waals surface area contributed by atoms with E-state index in [4.69, 9.17) is 5.26 Å². The lowest BCUT2D eigenvalue weighted by molar-refractivity contribution is -0.128. The van der Waals surface area contributed by atoms with Crippen molar-refractivity contribution < 1.29 is 4.79 Å². The maximum Gasteiger partial charge on any atom is 0.247 e. The number of anilines is 1. The van der Waals surface area contributed by atoms with E-state index in [2.05, 4.69) is 16.2 Å². The van der Waals surface area contributed by atoms with Gasteiger partial charge in [0.1, 0.15) is 11.9 Å². The minimum atomic E-state index is -0.253. The van der Waals surface area contributed by atoms with Crippen LogP contribution >= 0.6 is 0 Å². The third-order valence-corrected chi connectivity index (χ3v) is 5.00. The van der Waals surface area contributed by atoms with Crippen molar-refractivity contribution in [1.82, 2.24) is 19.6 Å². The molecule has 0 saturated carbocycles. The number of carbonyl (C=O) groups excluding carboxylic acids is 1. The molecule has 1 aromatic carbocycles. The zero-order valence-corrected chi connectivity index (χ0v) is 14.2. The molecule has 7 heteroatoms. The van der Waals surface area contributed by atoms with Gasteiger partial charge in [-0.05, 0) is 0 Å². The highest BCUT2D eigenvalue weighted by atomic mass is 16.2. The van der Waals surface area contributed by atoms with E-state index < -0.39 is 0 Å². The second kappa shape index (κ2) is 6.22. The number of carbonyl (C=O) groups is 1. The maximum absolute atomic E-state index is 13.0. The number of aryl methyl sites for hydroxylation is 1. The van der Waals surface area contributed by atoms with Crippen molar-refractivity contribution in [3.8, 4) is 17.5 Å². The molecule has 0 spiro atoms. The van der Waals surface area contributed by atoms with Gasteiger partial charge in [0.25, 0.3) is 0 Å². The van der Waals surface area contributed by atoms with Gasteiger partial charge in [-0.3, -0.25) is 19.3 Å². The number of aromatic nitrogens is 2. The predicted molar refractivity (Wildman–Crippen MR) is 93.5 cm³/mol. The van der Waals surface area contributed by atoms with E-state index in [1.165, 1.54) is 0 Å².